The first-order valence-corrected chi connectivity index (χ1v) is 8.32. The molecule has 2 fully saturated rings. The van der Waals surface area contributed by atoms with Gasteiger partial charge in [-0.2, -0.15) is 0 Å². The maximum Gasteiger partial charge on any atom is 0.258 e. The van der Waals surface area contributed by atoms with Gasteiger partial charge in [0.1, 0.15) is 0 Å². The summed E-state index contributed by atoms with van der Waals surface area (Å²) in [6, 6.07) is 3.05. The number of nitrogens with zero attached hydrogens (tertiary/aromatic N) is 3. The molecule has 0 N–H and O–H groups in total. The molecule has 2 aromatic heterocycles. The van der Waals surface area contributed by atoms with Crippen LogP contribution in [-0.4, -0.2) is 26.4 Å². The minimum atomic E-state index is 0.0427. The first-order chi connectivity index (χ1) is 9.72. The van der Waals surface area contributed by atoms with E-state index < -0.39 is 0 Å². The van der Waals surface area contributed by atoms with Crippen LogP contribution in [0.2, 0.25) is 0 Å². The minimum absolute atomic E-state index is 0.0427. The minimum Gasteiger partial charge on any atom is -0.292 e. The van der Waals surface area contributed by atoms with Crippen LogP contribution in [0.15, 0.2) is 22.4 Å². The lowest BCUT2D eigenvalue weighted by Gasteiger charge is -2.28. The van der Waals surface area contributed by atoms with Gasteiger partial charge >= 0.3 is 0 Å². The van der Waals surface area contributed by atoms with Crippen LogP contribution in [0.4, 0.5) is 0 Å². The zero-order valence-corrected chi connectivity index (χ0v) is 12.5. The summed E-state index contributed by atoms with van der Waals surface area (Å²) in [4.78, 5) is 20.1. The molecule has 4 nitrogen and oxygen atoms in total. The van der Waals surface area contributed by atoms with Gasteiger partial charge in [0.25, 0.3) is 5.56 Å². The average molecular weight is 289 g/mol. The highest BCUT2D eigenvalue weighted by Crippen LogP contribution is 2.40. The maximum absolute atomic E-state index is 12.1. The van der Waals surface area contributed by atoms with Crippen molar-refractivity contribution in [3.8, 4) is 0 Å². The second-order valence-corrected chi connectivity index (χ2v) is 7.00. The summed E-state index contributed by atoms with van der Waals surface area (Å²) < 4.78 is 1.62. The van der Waals surface area contributed by atoms with E-state index in [4.69, 9.17) is 0 Å². The second-order valence-electron chi connectivity index (χ2n) is 6.12. The highest BCUT2D eigenvalue weighted by molar-refractivity contribution is 7.15. The topological polar surface area (TPSA) is 37.6 Å². The Labute approximate surface area is 122 Å². The smallest absolute Gasteiger partial charge is 0.258 e. The van der Waals surface area contributed by atoms with Crippen molar-refractivity contribution in [2.45, 2.75) is 51.2 Å². The lowest BCUT2D eigenvalue weighted by Crippen LogP contribution is -2.36. The van der Waals surface area contributed by atoms with Crippen molar-refractivity contribution >= 4 is 16.3 Å². The number of aromatic nitrogens is 2. The van der Waals surface area contributed by atoms with Crippen molar-refractivity contribution in [2.75, 3.05) is 0 Å². The van der Waals surface area contributed by atoms with Crippen LogP contribution in [-0.2, 0) is 6.54 Å². The van der Waals surface area contributed by atoms with Crippen LogP contribution in [0.1, 0.15) is 38.3 Å². The normalized spacial score (nSPS) is 20.7. The molecule has 5 heteroatoms. The van der Waals surface area contributed by atoms with E-state index in [-0.39, 0.29) is 5.56 Å². The first kappa shape index (κ1) is 12.5. The van der Waals surface area contributed by atoms with Crippen LogP contribution in [0.3, 0.4) is 0 Å². The van der Waals surface area contributed by atoms with Crippen LogP contribution in [0.5, 0.6) is 0 Å². The number of hydrogen-bond acceptors (Lipinski definition) is 4. The molecule has 2 heterocycles. The zero-order chi connectivity index (χ0) is 13.7. The van der Waals surface area contributed by atoms with Gasteiger partial charge in [-0.15, -0.1) is 11.3 Å². The predicted octanol–water partition coefficient (Wildman–Crippen LogP) is 2.52. The molecule has 2 aliphatic carbocycles. The summed E-state index contributed by atoms with van der Waals surface area (Å²) >= 11 is 1.53. The molecule has 0 aliphatic heterocycles. The molecule has 106 valence electrons. The van der Waals surface area contributed by atoms with Crippen molar-refractivity contribution in [1.82, 2.24) is 14.3 Å². The summed E-state index contributed by atoms with van der Waals surface area (Å²) in [5, 5.41) is 1.92. The maximum atomic E-state index is 12.1. The monoisotopic (exact) mass is 289 g/mol. The van der Waals surface area contributed by atoms with Crippen molar-refractivity contribution in [2.24, 2.45) is 5.92 Å². The van der Waals surface area contributed by atoms with Crippen LogP contribution >= 0.6 is 11.3 Å². The lowest BCUT2D eigenvalue weighted by atomic mass is 10.1. The molecular formula is C15H19N3OS. The summed E-state index contributed by atoms with van der Waals surface area (Å²) in [6.45, 7) is 3.17. The highest BCUT2D eigenvalue weighted by atomic mass is 32.1. The standard InChI is InChI=1S/C15H19N3OS/c1-10(11-2-3-11)18(13-4-5-13)9-12-8-14(19)17-6-7-20-15(17)16-12/h6-8,10-11,13H,2-5,9H2,1H3/t10-/m1/s1. The van der Waals surface area contributed by atoms with Crippen LogP contribution in [0, 0.1) is 5.92 Å². The van der Waals surface area contributed by atoms with E-state index in [2.05, 4.69) is 16.8 Å². The van der Waals surface area contributed by atoms with Gasteiger partial charge < -0.3 is 0 Å². The van der Waals surface area contributed by atoms with Gasteiger partial charge in [-0.25, -0.2) is 4.98 Å². The average Bonchev–Trinajstić information content (AvgIpc) is 3.33. The van der Waals surface area contributed by atoms with E-state index in [1.54, 1.807) is 16.7 Å². The summed E-state index contributed by atoms with van der Waals surface area (Å²) in [7, 11) is 0. The molecule has 4 rings (SSSR count). The molecule has 20 heavy (non-hydrogen) atoms. The molecule has 0 saturated heterocycles. The molecule has 1 atom stereocenters. The van der Waals surface area contributed by atoms with Crippen LogP contribution < -0.4 is 5.56 Å². The third-order valence-corrected chi connectivity index (χ3v) is 5.30. The Kier molecular flexibility index (Phi) is 2.93. The summed E-state index contributed by atoms with van der Waals surface area (Å²) in [6.07, 6.45) is 7.13. The van der Waals surface area contributed by atoms with E-state index in [0.717, 1.165) is 23.1 Å². The fraction of sp³-hybridized carbons (Fsp3) is 0.600. The Morgan fingerprint density at radius 1 is 1.45 bits per heavy atom. The molecule has 2 aliphatic rings. The van der Waals surface area contributed by atoms with Crippen molar-refractivity contribution in [1.29, 1.82) is 0 Å². The van der Waals surface area contributed by atoms with Gasteiger partial charge in [0.2, 0.25) is 0 Å². The molecule has 0 radical (unpaired) electrons. The SMILES string of the molecule is C[C@H](C1CC1)N(Cc1cc(=O)n2ccsc2n1)C1CC1. The Bertz CT molecular complexity index is 684. The molecule has 0 bridgehead atoms. The van der Waals surface area contributed by atoms with Crippen molar-refractivity contribution in [3.63, 3.8) is 0 Å². The Balaban J connectivity index is 1.62. The molecule has 0 amide bonds. The van der Waals surface area contributed by atoms with E-state index in [1.807, 2.05) is 5.38 Å². The fourth-order valence-corrected chi connectivity index (χ4v) is 3.76. The van der Waals surface area contributed by atoms with Gasteiger partial charge in [-0.05, 0) is 38.5 Å². The molecule has 2 aromatic rings. The summed E-state index contributed by atoms with van der Waals surface area (Å²) in [5.74, 6) is 0.863. The number of fused-ring (bicyclic) bond motifs is 1. The van der Waals surface area contributed by atoms with E-state index in [1.165, 1.54) is 37.0 Å². The quantitative estimate of drug-likeness (QED) is 0.849. The summed E-state index contributed by atoms with van der Waals surface area (Å²) in [5.41, 5.74) is 0.970. The van der Waals surface area contributed by atoms with E-state index in [0.29, 0.717) is 12.1 Å². The lowest BCUT2D eigenvalue weighted by molar-refractivity contribution is 0.168. The predicted molar refractivity (Wildman–Crippen MR) is 80.1 cm³/mol. The van der Waals surface area contributed by atoms with Gasteiger partial charge in [-0.3, -0.25) is 14.1 Å². The van der Waals surface area contributed by atoms with Crippen LogP contribution in [0.25, 0.3) is 4.96 Å². The third-order valence-electron chi connectivity index (χ3n) is 4.54. The van der Waals surface area contributed by atoms with E-state index in [9.17, 15) is 4.79 Å². The van der Waals surface area contributed by atoms with Gasteiger partial charge in [-0.1, -0.05) is 0 Å². The Morgan fingerprint density at radius 2 is 2.25 bits per heavy atom. The largest absolute Gasteiger partial charge is 0.292 e. The fourth-order valence-electron chi connectivity index (χ4n) is 3.02. The number of thiazole rings is 1. The molecular weight excluding hydrogens is 270 g/mol. The Morgan fingerprint density at radius 3 is 2.95 bits per heavy atom. The Hall–Kier alpha value is -1.20. The molecule has 0 spiro atoms. The number of rotatable bonds is 5. The molecule has 0 unspecified atom stereocenters. The zero-order valence-electron chi connectivity index (χ0n) is 11.7. The first-order valence-electron chi connectivity index (χ1n) is 7.44. The van der Waals surface area contributed by atoms with Gasteiger partial charge in [0.15, 0.2) is 4.96 Å². The molecule has 2 saturated carbocycles. The van der Waals surface area contributed by atoms with Gasteiger partial charge in [0.05, 0.1) is 5.69 Å². The second kappa shape index (κ2) is 4.67. The third kappa shape index (κ3) is 2.29. The highest BCUT2D eigenvalue weighted by Gasteiger charge is 2.39. The number of hydrogen-bond donors (Lipinski definition) is 0. The molecule has 0 aromatic carbocycles. The van der Waals surface area contributed by atoms with Gasteiger partial charge in [0, 0.05) is 36.3 Å². The van der Waals surface area contributed by atoms with Crippen molar-refractivity contribution < 1.29 is 0 Å². The van der Waals surface area contributed by atoms with Crippen molar-refractivity contribution in [3.05, 3.63) is 33.7 Å². The van der Waals surface area contributed by atoms with E-state index >= 15 is 0 Å².